The van der Waals surface area contributed by atoms with Crippen molar-refractivity contribution in [3.63, 3.8) is 0 Å². The average molecular weight is 796 g/mol. The minimum absolute atomic E-state index is 0. The molecule has 0 unspecified atom stereocenters. The van der Waals surface area contributed by atoms with Crippen molar-refractivity contribution in [2.24, 2.45) is 5.92 Å². The Morgan fingerprint density at radius 1 is 0.864 bits per heavy atom. The van der Waals surface area contributed by atoms with Gasteiger partial charge < -0.3 is 9.97 Å². The number of nitrogens with zero attached hydrogens (tertiary/aromatic N) is 2. The Morgan fingerprint density at radius 2 is 1.64 bits per heavy atom. The van der Waals surface area contributed by atoms with Crippen molar-refractivity contribution in [2.45, 2.75) is 59.7 Å². The topological polar surface area (TPSA) is 25.8 Å². The molecule has 1 radical (unpaired) electrons. The zero-order chi connectivity index (χ0) is 31.6. The minimum Gasteiger partial charge on any atom is -0.305 e. The fraction of sp³-hybridized carbons (Fsp3) is 0.263. The van der Waals surface area contributed by atoms with E-state index in [0.717, 1.165) is 50.0 Å². The van der Waals surface area contributed by atoms with Crippen molar-refractivity contribution in [2.75, 3.05) is 0 Å². The van der Waals surface area contributed by atoms with Crippen LogP contribution in [-0.2, 0) is 26.5 Å². The van der Waals surface area contributed by atoms with E-state index in [1.807, 2.05) is 62.4 Å². The van der Waals surface area contributed by atoms with Crippen molar-refractivity contribution in [3.8, 4) is 22.5 Å². The van der Waals surface area contributed by atoms with Crippen molar-refractivity contribution < 1.29 is 25.9 Å². The molecule has 0 saturated heterocycles. The molecule has 0 atom stereocenters. The first-order valence-electron chi connectivity index (χ1n) is 15.3. The van der Waals surface area contributed by atoms with E-state index in [2.05, 4.69) is 73.9 Å². The van der Waals surface area contributed by atoms with Crippen molar-refractivity contribution in [1.29, 1.82) is 0 Å². The molecule has 0 N–H and O–H groups in total. The summed E-state index contributed by atoms with van der Waals surface area (Å²) < 4.78 is 24.0. The second-order valence-electron chi connectivity index (χ2n) is 12.6. The molecule has 2 nitrogen and oxygen atoms in total. The van der Waals surface area contributed by atoms with Crippen LogP contribution in [0.25, 0.3) is 42.7 Å². The monoisotopic (exact) mass is 796 g/mol. The maximum Gasteiger partial charge on any atom is 0.140 e. The summed E-state index contributed by atoms with van der Waals surface area (Å²) in [6.45, 7) is 15.4. The van der Waals surface area contributed by atoms with Crippen LogP contribution in [0.4, 0.5) is 4.39 Å². The molecular formula is C38H39FIrN2SSi-2. The third kappa shape index (κ3) is 7.60. The molecule has 3 heterocycles. The standard InChI is InChI=1S/C20H15FNS.C18H24NSi.Ir/c1-12(2)13-9-10-22-18(11-13)16-7-3-5-14-15-6-4-8-17(21)20(15)23-19(14)16;1-14(2)11-16-12-17(15-9-7-6-8-10-15)19-13-18(16)20(3,4)5;/h3-6,8-12H,1-2H3;6-9,12-14H,11H2,1-5H3;/q2*-1;/i12D;;. The number of aromatic nitrogens is 2. The van der Waals surface area contributed by atoms with Gasteiger partial charge in [-0.3, -0.25) is 0 Å². The van der Waals surface area contributed by atoms with Crippen LogP contribution in [0.15, 0.2) is 85.2 Å². The summed E-state index contributed by atoms with van der Waals surface area (Å²) in [7, 11) is -1.34. The van der Waals surface area contributed by atoms with Gasteiger partial charge in [0.2, 0.25) is 0 Å². The Labute approximate surface area is 281 Å². The Hall–Kier alpha value is -3.02. The molecule has 0 saturated carbocycles. The number of pyridine rings is 2. The summed E-state index contributed by atoms with van der Waals surface area (Å²) in [5, 5.41) is 3.42. The molecular weight excluding hydrogens is 756 g/mol. The van der Waals surface area contributed by atoms with Crippen LogP contribution < -0.4 is 5.19 Å². The maximum absolute atomic E-state index is 14.1. The Balaban J connectivity index is 0.000000204. The van der Waals surface area contributed by atoms with E-state index < -0.39 is 14.0 Å². The van der Waals surface area contributed by atoms with Crippen LogP contribution in [-0.4, -0.2) is 18.0 Å². The van der Waals surface area contributed by atoms with E-state index in [1.165, 1.54) is 28.2 Å². The molecule has 0 spiro atoms. The normalized spacial score (nSPS) is 12.1. The first kappa shape index (κ1) is 32.4. The van der Waals surface area contributed by atoms with Gasteiger partial charge in [-0.15, -0.1) is 59.7 Å². The Morgan fingerprint density at radius 3 is 2.32 bits per heavy atom. The fourth-order valence-corrected chi connectivity index (χ4v) is 8.08. The fourth-order valence-electron chi connectivity index (χ4n) is 5.28. The van der Waals surface area contributed by atoms with Gasteiger partial charge in [-0.05, 0) is 57.0 Å². The second-order valence-corrected chi connectivity index (χ2v) is 18.7. The Kier molecular flexibility index (Phi) is 10.6. The molecule has 3 aromatic carbocycles. The smallest absolute Gasteiger partial charge is 0.140 e. The second kappa shape index (κ2) is 14.4. The number of hydrogen-bond donors (Lipinski definition) is 0. The van der Waals surface area contributed by atoms with E-state index in [9.17, 15) is 4.39 Å². The van der Waals surface area contributed by atoms with Crippen LogP contribution in [0, 0.1) is 23.9 Å². The van der Waals surface area contributed by atoms with Gasteiger partial charge in [-0.2, -0.15) is 11.3 Å². The molecule has 0 aliphatic rings. The molecule has 229 valence electrons. The predicted molar refractivity (Wildman–Crippen MR) is 185 cm³/mol. The first-order chi connectivity index (χ1) is 20.8. The third-order valence-corrected chi connectivity index (χ3v) is 10.7. The van der Waals surface area contributed by atoms with Crippen LogP contribution in [0.2, 0.25) is 19.6 Å². The summed E-state index contributed by atoms with van der Waals surface area (Å²) in [4.78, 5) is 9.15. The number of fused-ring (bicyclic) bond motifs is 3. The van der Waals surface area contributed by atoms with Gasteiger partial charge in [0.15, 0.2) is 0 Å². The van der Waals surface area contributed by atoms with Gasteiger partial charge in [0.1, 0.15) is 5.82 Å². The van der Waals surface area contributed by atoms with Gasteiger partial charge in [-0.1, -0.05) is 88.1 Å². The zero-order valence-electron chi connectivity index (χ0n) is 27.4. The summed E-state index contributed by atoms with van der Waals surface area (Å²) in [5.41, 5.74) is 6.12. The maximum atomic E-state index is 14.1. The molecule has 0 bridgehead atoms. The van der Waals surface area contributed by atoms with E-state index in [-0.39, 0.29) is 25.9 Å². The van der Waals surface area contributed by atoms with E-state index >= 15 is 0 Å². The summed E-state index contributed by atoms with van der Waals surface area (Å²) in [6, 6.07) is 29.7. The first-order valence-corrected chi connectivity index (χ1v) is 19.1. The average Bonchev–Trinajstić information content (AvgIpc) is 3.37. The molecule has 0 aliphatic heterocycles. The van der Waals surface area contributed by atoms with E-state index in [1.54, 1.807) is 12.3 Å². The van der Waals surface area contributed by atoms with Crippen molar-refractivity contribution in [1.82, 2.24) is 9.97 Å². The summed E-state index contributed by atoms with van der Waals surface area (Å²) in [5.74, 6) is -0.230. The molecule has 6 aromatic rings. The quantitative estimate of drug-likeness (QED) is 0.124. The Bertz CT molecular complexity index is 1910. The molecule has 0 fully saturated rings. The van der Waals surface area contributed by atoms with Crippen molar-refractivity contribution >= 4 is 44.8 Å². The molecule has 0 aliphatic carbocycles. The number of thiophene rings is 1. The van der Waals surface area contributed by atoms with Gasteiger partial charge in [0.25, 0.3) is 0 Å². The van der Waals surface area contributed by atoms with Crippen molar-refractivity contribution in [3.05, 3.63) is 114 Å². The van der Waals surface area contributed by atoms with Gasteiger partial charge in [0, 0.05) is 33.9 Å². The summed E-state index contributed by atoms with van der Waals surface area (Å²) in [6.07, 6.45) is 4.96. The van der Waals surface area contributed by atoms with E-state index in [4.69, 9.17) is 1.37 Å². The van der Waals surface area contributed by atoms with Crippen LogP contribution in [0.3, 0.4) is 0 Å². The van der Waals surface area contributed by atoms with Crippen LogP contribution >= 0.6 is 11.3 Å². The van der Waals surface area contributed by atoms with Gasteiger partial charge in [-0.25, -0.2) is 4.39 Å². The zero-order valence-corrected chi connectivity index (χ0v) is 30.6. The molecule has 6 heteroatoms. The number of benzene rings is 3. The van der Waals surface area contributed by atoms with Crippen LogP contribution in [0.1, 0.15) is 46.1 Å². The van der Waals surface area contributed by atoms with Crippen LogP contribution in [0.5, 0.6) is 0 Å². The third-order valence-electron chi connectivity index (χ3n) is 7.41. The molecule has 44 heavy (non-hydrogen) atoms. The SMILES string of the molecule is CC(C)Cc1cc(-c2[c-]cccc2)ncc1[Si](C)(C)C.[2H]C(C)(C)c1ccnc(-c2[c-]ccc3c2sc2c(F)cccc23)c1.[Ir]. The largest absolute Gasteiger partial charge is 0.305 e. The minimum atomic E-state index is -1.34. The van der Waals surface area contributed by atoms with Gasteiger partial charge in [0.05, 0.1) is 12.8 Å². The number of rotatable bonds is 6. The van der Waals surface area contributed by atoms with E-state index in [0.29, 0.717) is 10.6 Å². The number of halogens is 1. The molecule has 0 amide bonds. The predicted octanol–water partition coefficient (Wildman–Crippen LogP) is 10.5. The number of hydrogen-bond acceptors (Lipinski definition) is 3. The summed E-state index contributed by atoms with van der Waals surface area (Å²) >= 11 is 1.43. The van der Waals surface area contributed by atoms with Gasteiger partial charge >= 0.3 is 0 Å². The molecule has 3 aromatic heterocycles. The molecule has 6 rings (SSSR count).